The number of aromatic nitrogens is 1. The van der Waals surface area contributed by atoms with Crippen molar-refractivity contribution in [2.45, 2.75) is 12.6 Å². The van der Waals surface area contributed by atoms with Crippen molar-refractivity contribution in [3.63, 3.8) is 0 Å². The Labute approximate surface area is 147 Å². The van der Waals surface area contributed by atoms with E-state index >= 15 is 0 Å². The fourth-order valence-electron chi connectivity index (χ4n) is 3.19. The highest BCUT2D eigenvalue weighted by Gasteiger charge is 2.31. The molecule has 1 aliphatic heterocycles. The lowest BCUT2D eigenvalue weighted by Gasteiger charge is -2.37. The molecule has 0 saturated heterocycles. The molecule has 0 aliphatic carbocycles. The average molecular weight is 348 g/mol. The normalized spacial score (nSPS) is 17.5. The van der Waals surface area contributed by atoms with Crippen molar-refractivity contribution in [1.29, 1.82) is 0 Å². The number of carbonyl (C=O) groups excluding carboxylic acids is 1. The monoisotopic (exact) mass is 347 g/mol. The average Bonchev–Trinajstić information content (AvgIpc) is 3.04. The molecular weight excluding hydrogens is 326 g/mol. The van der Waals surface area contributed by atoms with Crippen LogP contribution in [0.15, 0.2) is 42.6 Å². The van der Waals surface area contributed by atoms with Gasteiger partial charge in [-0.1, -0.05) is 29.8 Å². The first-order chi connectivity index (χ1) is 11.7. The summed E-state index contributed by atoms with van der Waals surface area (Å²) in [5, 5.41) is 3.61. The van der Waals surface area contributed by atoms with E-state index in [4.69, 9.17) is 16.3 Å². The molecule has 2 aromatic rings. The lowest BCUT2D eigenvalue weighted by atomic mass is 10.00. The summed E-state index contributed by atoms with van der Waals surface area (Å²) < 4.78 is 7.20. The second kappa shape index (κ2) is 7.83. The molecule has 128 valence electrons. The van der Waals surface area contributed by atoms with Gasteiger partial charge in [0, 0.05) is 43.7 Å². The summed E-state index contributed by atoms with van der Waals surface area (Å²) >= 11 is 6.44. The summed E-state index contributed by atoms with van der Waals surface area (Å²) in [6, 6.07) is 12.0. The molecule has 1 atom stereocenters. The molecule has 0 bridgehead atoms. The van der Waals surface area contributed by atoms with E-state index in [1.165, 1.54) is 5.69 Å². The second-order valence-corrected chi connectivity index (χ2v) is 6.27. The van der Waals surface area contributed by atoms with Crippen LogP contribution in [0.2, 0.25) is 5.02 Å². The van der Waals surface area contributed by atoms with Crippen LogP contribution in [0.1, 0.15) is 17.3 Å². The van der Waals surface area contributed by atoms with Crippen LogP contribution in [0, 0.1) is 0 Å². The summed E-state index contributed by atoms with van der Waals surface area (Å²) in [6.07, 6.45) is 2.08. The van der Waals surface area contributed by atoms with Gasteiger partial charge in [0.2, 0.25) is 5.91 Å². The van der Waals surface area contributed by atoms with Gasteiger partial charge in [0.25, 0.3) is 0 Å². The summed E-state index contributed by atoms with van der Waals surface area (Å²) in [5.74, 6) is 0.00381. The molecule has 1 N–H and O–H groups in total. The molecule has 1 aromatic heterocycles. The first-order valence-electron chi connectivity index (χ1n) is 8.10. The van der Waals surface area contributed by atoms with Crippen molar-refractivity contribution in [1.82, 2.24) is 14.8 Å². The lowest BCUT2D eigenvalue weighted by molar-refractivity contribution is -0.123. The predicted molar refractivity (Wildman–Crippen MR) is 94.2 cm³/mol. The van der Waals surface area contributed by atoms with E-state index in [9.17, 15) is 4.79 Å². The minimum Gasteiger partial charge on any atom is -0.383 e. The van der Waals surface area contributed by atoms with Crippen LogP contribution < -0.4 is 5.32 Å². The Morgan fingerprint density at radius 3 is 2.92 bits per heavy atom. The van der Waals surface area contributed by atoms with Gasteiger partial charge in [0.05, 0.1) is 19.2 Å². The van der Waals surface area contributed by atoms with Gasteiger partial charge in [0.1, 0.15) is 0 Å². The van der Waals surface area contributed by atoms with Gasteiger partial charge in [-0.3, -0.25) is 9.69 Å². The standard InChI is InChI=1S/C18H22ClN3O2/c1-24-12-8-20-17(23)13-22-11-10-21-9-4-7-16(21)18(22)14-5-2-3-6-15(14)19/h2-7,9,18H,8,10-13H2,1H3,(H,20,23). The molecule has 1 amide bonds. The number of methoxy groups -OCH3 is 1. The number of hydrogen-bond acceptors (Lipinski definition) is 3. The number of ether oxygens (including phenoxy) is 1. The van der Waals surface area contributed by atoms with Gasteiger partial charge >= 0.3 is 0 Å². The van der Waals surface area contributed by atoms with E-state index < -0.39 is 0 Å². The maximum atomic E-state index is 12.3. The lowest BCUT2D eigenvalue weighted by Crippen LogP contribution is -2.44. The van der Waals surface area contributed by atoms with E-state index in [-0.39, 0.29) is 11.9 Å². The third-order valence-electron chi connectivity index (χ3n) is 4.31. The second-order valence-electron chi connectivity index (χ2n) is 5.86. The Morgan fingerprint density at radius 2 is 2.12 bits per heavy atom. The highest BCUT2D eigenvalue weighted by molar-refractivity contribution is 6.31. The molecule has 6 heteroatoms. The summed E-state index contributed by atoms with van der Waals surface area (Å²) in [6.45, 7) is 3.05. The van der Waals surface area contributed by atoms with E-state index in [0.29, 0.717) is 19.7 Å². The van der Waals surface area contributed by atoms with Gasteiger partial charge in [-0.05, 0) is 23.8 Å². The summed E-state index contributed by atoms with van der Waals surface area (Å²) in [5.41, 5.74) is 2.20. The molecule has 1 aromatic carbocycles. The van der Waals surface area contributed by atoms with Crippen molar-refractivity contribution in [2.75, 3.05) is 33.4 Å². The van der Waals surface area contributed by atoms with Crippen molar-refractivity contribution in [3.05, 3.63) is 58.9 Å². The number of halogens is 1. The van der Waals surface area contributed by atoms with Crippen LogP contribution in [0.5, 0.6) is 0 Å². The van der Waals surface area contributed by atoms with Crippen LogP contribution in [0.3, 0.4) is 0 Å². The highest BCUT2D eigenvalue weighted by atomic mass is 35.5. The molecule has 0 fully saturated rings. The molecule has 1 unspecified atom stereocenters. The molecule has 2 heterocycles. The molecule has 5 nitrogen and oxygen atoms in total. The molecular formula is C18H22ClN3O2. The number of rotatable bonds is 6. The topological polar surface area (TPSA) is 46.5 Å². The Morgan fingerprint density at radius 1 is 1.29 bits per heavy atom. The van der Waals surface area contributed by atoms with Gasteiger partial charge in [-0.15, -0.1) is 0 Å². The maximum absolute atomic E-state index is 12.3. The van der Waals surface area contributed by atoms with E-state index in [1.807, 2.05) is 30.3 Å². The van der Waals surface area contributed by atoms with Crippen molar-refractivity contribution in [2.24, 2.45) is 0 Å². The molecule has 24 heavy (non-hydrogen) atoms. The first kappa shape index (κ1) is 17.0. The molecule has 0 saturated carbocycles. The number of fused-ring (bicyclic) bond motifs is 1. The largest absolute Gasteiger partial charge is 0.383 e. The van der Waals surface area contributed by atoms with Gasteiger partial charge in [-0.2, -0.15) is 0 Å². The fraction of sp³-hybridized carbons (Fsp3) is 0.389. The molecule has 0 radical (unpaired) electrons. The smallest absolute Gasteiger partial charge is 0.234 e. The summed E-state index contributed by atoms with van der Waals surface area (Å²) in [4.78, 5) is 14.4. The van der Waals surface area contributed by atoms with Crippen molar-refractivity contribution >= 4 is 17.5 Å². The number of benzene rings is 1. The number of carbonyl (C=O) groups is 1. The Hall–Kier alpha value is -1.82. The number of nitrogens with one attached hydrogen (secondary N) is 1. The van der Waals surface area contributed by atoms with Crippen LogP contribution in [-0.2, 0) is 16.1 Å². The molecule has 3 rings (SSSR count). The zero-order chi connectivity index (χ0) is 16.9. The zero-order valence-corrected chi connectivity index (χ0v) is 14.5. The van der Waals surface area contributed by atoms with E-state index in [2.05, 4.69) is 27.0 Å². The number of nitrogens with zero attached hydrogens (tertiary/aromatic N) is 2. The first-order valence-corrected chi connectivity index (χ1v) is 8.47. The van der Waals surface area contributed by atoms with Crippen LogP contribution >= 0.6 is 11.6 Å². The quantitative estimate of drug-likeness (QED) is 0.816. The number of hydrogen-bond donors (Lipinski definition) is 1. The highest BCUT2D eigenvalue weighted by Crippen LogP contribution is 2.35. The molecule has 1 aliphatic rings. The Kier molecular flexibility index (Phi) is 5.56. The van der Waals surface area contributed by atoms with Crippen molar-refractivity contribution < 1.29 is 9.53 Å². The van der Waals surface area contributed by atoms with Gasteiger partial charge < -0.3 is 14.6 Å². The molecule has 0 spiro atoms. The minimum atomic E-state index is -0.0179. The van der Waals surface area contributed by atoms with Gasteiger partial charge in [-0.25, -0.2) is 0 Å². The summed E-state index contributed by atoms with van der Waals surface area (Å²) in [7, 11) is 1.62. The van der Waals surface area contributed by atoms with Crippen molar-refractivity contribution in [3.8, 4) is 0 Å². The van der Waals surface area contributed by atoms with Crippen LogP contribution in [0.25, 0.3) is 0 Å². The number of amides is 1. The third-order valence-corrected chi connectivity index (χ3v) is 4.66. The fourth-order valence-corrected chi connectivity index (χ4v) is 3.43. The van der Waals surface area contributed by atoms with E-state index in [0.717, 1.165) is 23.7 Å². The van der Waals surface area contributed by atoms with Crippen LogP contribution in [0.4, 0.5) is 0 Å². The minimum absolute atomic E-state index is 0.00381. The zero-order valence-electron chi connectivity index (χ0n) is 13.7. The Balaban J connectivity index is 1.83. The van der Waals surface area contributed by atoms with E-state index in [1.54, 1.807) is 7.11 Å². The Bertz CT molecular complexity index is 701. The maximum Gasteiger partial charge on any atom is 0.234 e. The SMILES string of the molecule is COCCNC(=O)CN1CCn2cccc2C1c1ccccc1Cl. The van der Waals surface area contributed by atoms with Crippen LogP contribution in [-0.4, -0.2) is 48.7 Å². The predicted octanol–water partition coefficient (Wildman–Crippen LogP) is 2.31. The third kappa shape index (κ3) is 3.64. The van der Waals surface area contributed by atoms with Gasteiger partial charge in [0.15, 0.2) is 0 Å².